The first-order chi connectivity index (χ1) is 18.9. The number of ether oxygens (including phenoxy) is 5. The van der Waals surface area contributed by atoms with Crippen LogP contribution in [-0.2, 0) is 9.47 Å². The lowest BCUT2D eigenvalue weighted by Gasteiger charge is -2.34. The number of para-hydroxylation sites is 1. The van der Waals surface area contributed by atoms with Gasteiger partial charge in [0.2, 0.25) is 0 Å². The Bertz CT molecular complexity index is 1230. The molecule has 10 nitrogen and oxygen atoms in total. The number of methoxy groups -OCH3 is 2. The van der Waals surface area contributed by atoms with Gasteiger partial charge in [0.05, 0.1) is 19.8 Å². The number of fused-ring (bicyclic) bond motifs is 1. The van der Waals surface area contributed by atoms with Gasteiger partial charge in [0.1, 0.15) is 35.7 Å². The second-order valence-corrected chi connectivity index (χ2v) is 10.7. The molecule has 0 radical (unpaired) electrons. The van der Waals surface area contributed by atoms with Crippen LogP contribution < -0.4 is 24.8 Å². The zero-order chi connectivity index (χ0) is 27.7. The molecule has 0 saturated heterocycles. The minimum atomic E-state index is -1.21. The summed E-state index contributed by atoms with van der Waals surface area (Å²) in [5.41, 5.74) is 1.45. The summed E-state index contributed by atoms with van der Waals surface area (Å²) in [5.74, 6) is 1.25. The SMILES string of the molecule is COc1ccc(NC(=O)OCSC2(SCOC(=O)Nc3ccc(OC)cc3)COc3ccccc3C2=O)cc1. The molecule has 2 N–H and O–H groups in total. The normalized spacial score (nSPS) is 13.3. The van der Waals surface area contributed by atoms with Crippen molar-refractivity contribution in [2.75, 3.05) is 43.3 Å². The van der Waals surface area contributed by atoms with Gasteiger partial charge in [0.15, 0.2) is 9.86 Å². The molecule has 0 aliphatic carbocycles. The van der Waals surface area contributed by atoms with Crippen molar-refractivity contribution in [3.8, 4) is 17.2 Å². The van der Waals surface area contributed by atoms with Gasteiger partial charge < -0.3 is 23.7 Å². The Morgan fingerprint density at radius 1 is 0.795 bits per heavy atom. The van der Waals surface area contributed by atoms with Gasteiger partial charge in [-0.05, 0) is 60.7 Å². The molecule has 39 heavy (non-hydrogen) atoms. The van der Waals surface area contributed by atoms with Crippen LogP contribution in [0.15, 0.2) is 72.8 Å². The molecule has 1 heterocycles. The van der Waals surface area contributed by atoms with E-state index in [1.165, 1.54) is 0 Å². The Hall–Kier alpha value is -4.03. The Morgan fingerprint density at radius 2 is 1.28 bits per heavy atom. The van der Waals surface area contributed by atoms with Crippen molar-refractivity contribution in [3.63, 3.8) is 0 Å². The number of nitrogens with one attached hydrogen (secondary N) is 2. The summed E-state index contributed by atoms with van der Waals surface area (Å²) >= 11 is 2.16. The highest BCUT2D eigenvalue weighted by Crippen LogP contribution is 2.45. The molecule has 1 aliphatic rings. The molecule has 2 amide bonds. The largest absolute Gasteiger partial charge is 0.497 e. The molecule has 0 aromatic heterocycles. The van der Waals surface area contributed by atoms with E-state index in [0.29, 0.717) is 34.2 Å². The second kappa shape index (κ2) is 13.2. The second-order valence-electron chi connectivity index (χ2n) is 7.96. The summed E-state index contributed by atoms with van der Waals surface area (Å²) in [7, 11) is 3.10. The molecule has 12 heteroatoms. The lowest BCUT2D eigenvalue weighted by atomic mass is 10.0. The summed E-state index contributed by atoms with van der Waals surface area (Å²) in [6.07, 6.45) is -1.37. The smallest absolute Gasteiger partial charge is 0.412 e. The molecule has 1 aliphatic heterocycles. The number of amides is 2. The number of anilines is 2. The molecule has 0 bridgehead atoms. The number of thioether (sulfide) groups is 2. The first-order valence-corrected chi connectivity index (χ1v) is 13.6. The molecule has 3 aromatic rings. The third-order valence-electron chi connectivity index (χ3n) is 5.53. The van der Waals surface area contributed by atoms with Gasteiger partial charge in [-0.15, -0.1) is 0 Å². The van der Waals surface area contributed by atoms with Crippen molar-refractivity contribution >= 4 is 52.9 Å². The molecule has 0 spiro atoms. The van der Waals surface area contributed by atoms with Crippen LogP contribution in [0.4, 0.5) is 21.0 Å². The van der Waals surface area contributed by atoms with Crippen LogP contribution >= 0.6 is 23.5 Å². The number of ketones is 1. The van der Waals surface area contributed by atoms with Crippen molar-refractivity contribution in [2.24, 2.45) is 0 Å². The highest BCUT2D eigenvalue weighted by molar-refractivity contribution is 8.19. The minimum Gasteiger partial charge on any atom is -0.497 e. The van der Waals surface area contributed by atoms with Crippen LogP contribution in [0.5, 0.6) is 17.2 Å². The van der Waals surface area contributed by atoms with E-state index < -0.39 is 16.3 Å². The topological polar surface area (TPSA) is 121 Å². The molecular formula is C27H26N2O8S2. The summed E-state index contributed by atoms with van der Waals surface area (Å²) in [4.78, 5) is 38.2. The number of hydrogen-bond donors (Lipinski definition) is 2. The fourth-order valence-electron chi connectivity index (χ4n) is 3.49. The van der Waals surface area contributed by atoms with Gasteiger partial charge in [0, 0.05) is 11.4 Å². The van der Waals surface area contributed by atoms with E-state index in [-0.39, 0.29) is 24.3 Å². The summed E-state index contributed by atoms with van der Waals surface area (Å²) in [6.45, 7) is -0.00883. The predicted molar refractivity (Wildman–Crippen MR) is 150 cm³/mol. The maximum absolute atomic E-state index is 13.5. The van der Waals surface area contributed by atoms with Crippen molar-refractivity contribution in [1.29, 1.82) is 0 Å². The third-order valence-corrected chi connectivity index (χ3v) is 8.25. The number of carbonyl (C=O) groups is 3. The molecule has 0 fully saturated rings. The van der Waals surface area contributed by atoms with Crippen LogP contribution in [0.25, 0.3) is 0 Å². The quantitative estimate of drug-likeness (QED) is 0.287. The van der Waals surface area contributed by atoms with Crippen LogP contribution in [0.3, 0.4) is 0 Å². The van der Waals surface area contributed by atoms with Gasteiger partial charge >= 0.3 is 12.2 Å². The van der Waals surface area contributed by atoms with Crippen molar-refractivity contribution in [1.82, 2.24) is 0 Å². The molecule has 0 saturated carbocycles. The van der Waals surface area contributed by atoms with E-state index in [0.717, 1.165) is 23.5 Å². The lowest BCUT2D eigenvalue weighted by Crippen LogP contribution is -2.43. The number of hydrogen-bond acceptors (Lipinski definition) is 10. The van der Waals surface area contributed by atoms with Gasteiger partial charge in [-0.2, -0.15) is 0 Å². The Balaban J connectivity index is 1.36. The number of benzene rings is 3. The van der Waals surface area contributed by atoms with Gasteiger partial charge in [-0.25, -0.2) is 9.59 Å². The van der Waals surface area contributed by atoms with Gasteiger partial charge in [0.25, 0.3) is 0 Å². The fraction of sp³-hybridized carbons (Fsp3) is 0.222. The van der Waals surface area contributed by atoms with E-state index in [1.807, 2.05) is 0 Å². The molecule has 0 atom stereocenters. The third kappa shape index (κ3) is 7.30. The fourth-order valence-corrected chi connectivity index (χ4v) is 5.59. The van der Waals surface area contributed by atoms with Crippen LogP contribution in [-0.4, -0.2) is 54.8 Å². The Kier molecular flexibility index (Phi) is 9.45. The van der Waals surface area contributed by atoms with E-state index in [2.05, 4.69) is 10.6 Å². The predicted octanol–water partition coefficient (Wildman–Crippen LogP) is 5.85. The highest BCUT2D eigenvalue weighted by Gasteiger charge is 2.46. The number of carbonyl (C=O) groups excluding carboxylic acids is 3. The van der Waals surface area contributed by atoms with Crippen LogP contribution in [0.1, 0.15) is 10.4 Å². The minimum absolute atomic E-state index is 0.00883. The lowest BCUT2D eigenvalue weighted by molar-refractivity contribution is 0.0922. The van der Waals surface area contributed by atoms with E-state index >= 15 is 0 Å². The van der Waals surface area contributed by atoms with Crippen LogP contribution in [0, 0.1) is 0 Å². The zero-order valence-electron chi connectivity index (χ0n) is 21.1. The molecule has 4 rings (SSSR count). The molecule has 0 unspecified atom stereocenters. The average molecular weight is 571 g/mol. The molecule has 204 valence electrons. The van der Waals surface area contributed by atoms with Crippen molar-refractivity contribution in [2.45, 2.75) is 4.08 Å². The Labute approximate surface area is 233 Å². The van der Waals surface area contributed by atoms with E-state index in [4.69, 9.17) is 23.7 Å². The zero-order valence-corrected chi connectivity index (χ0v) is 22.8. The van der Waals surface area contributed by atoms with Gasteiger partial charge in [-0.1, -0.05) is 35.7 Å². The molecule has 3 aromatic carbocycles. The van der Waals surface area contributed by atoms with E-state index in [1.54, 1.807) is 87.0 Å². The number of rotatable bonds is 10. The Morgan fingerprint density at radius 3 is 1.77 bits per heavy atom. The standard InChI is InChI=1S/C27H26N2O8S2/c1-33-20-11-7-18(8-12-20)28-25(31)36-16-38-27(15-35-23-6-4-3-5-22(23)24(27)30)39-17-37-26(32)29-19-9-13-21(34-2)14-10-19/h3-14H,15-17H2,1-2H3,(H,28,31)(H,29,32). The van der Waals surface area contributed by atoms with Crippen molar-refractivity contribution < 1.29 is 38.1 Å². The maximum Gasteiger partial charge on any atom is 0.412 e. The van der Waals surface area contributed by atoms with E-state index in [9.17, 15) is 14.4 Å². The highest BCUT2D eigenvalue weighted by atomic mass is 32.2. The first-order valence-electron chi connectivity index (χ1n) is 11.6. The summed E-state index contributed by atoms with van der Waals surface area (Å²) < 4.78 is 25.5. The average Bonchev–Trinajstić information content (AvgIpc) is 2.96. The summed E-state index contributed by atoms with van der Waals surface area (Å²) in [5, 5.41) is 5.24. The monoisotopic (exact) mass is 570 g/mol. The molecular weight excluding hydrogens is 544 g/mol. The van der Waals surface area contributed by atoms with Gasteiger partial charge in [-0.3, -0.25) is 15.4 Å². The summed E-state index contributed by atoms with van der Waals surface area (Å²) in [6, 6.07) is 20.4. The van der Waals surface area contributed by atoms with Crippen LogP contribution in [0.2, 0.25) is 0 Å². The maximum atomic E-state index is 13.5. The van der Waals surface area contributed by atoms with Crippen molar-refractivity contribution in [3.05, 3.63) is 78.4 Å². The first kappa shape index (κ1) is 28.0. The number of Topliss-reactive ketones (excluding diaryl/α,β-unsaturated/α-hetero) is 1.